The number of aromatic amines is 1. The quantitative estimate of drug-likeness (QED) is 0.118. The number of carbonyl (C=O) groups is 5. The number of ketones is 1. The van der Waals surface area contributed by atoms with Gasteiger partial charge in [0.2, 0.25) is 12.0 Å². The second-order valence-electron chi connectivity index (χ2n) is 16.9. The Bertz CT molecular complexity index is 2250. The van der Waals surface area contributed by atoms with Crippen LogP contribution in [0.25, 0.3) is 10.9 Å². The number of hydrogen-bond acceptors (Lipinski definition) is 12. The van der Waals surface area contributed by atoms with Gasteiger partial charge in [0.1, 0.15) is 16.9 Å². The van der Waals surface area contributed by atoms with E-state index < -0.39 is 57.9 Å². The van der Waals surface area contributed by atoms with E-state index in [1.165, 1.54) is 33.2 Å². The summed E-state index contributed by atoms with van der Waals surface area (Å²) in [5, 5.41) is 17.8. The Kier molecular flexibility index (Phi) is 10.3. The van der Waals surface area contributed by atoms with Gasteiger partial charge in [-0.25, -0.2) is 4.79 Å². The molecule has 4 aliphatic heterocycles. The van der Waals surface area contributed by atoms with Gasteiger partial charge in [-0.3, -0.25) is 24.1 Å². The maximum atomic E-state index is 15.2. The summed E-state index contributed by atoms with van der Waals surface area (Å²) in [6.07, 6.45) is 5.17. The summed E-state index contributed by atoms with van der Waals surface area (Å²) >= 11 is 0. The lowest BCUT2D eigenvalue weighted by Crippen LogP contribution is -2.81. The molecular formula is C45H54N4O10. The van der Waals surface area contributed by atoms with Crippen LogP contribution >= 0.6 is 0 Å². The van der Waals surface area contributed by atoms with Gasteiger partial charge in [0.25, 0.3) is 0 Å². The number of fused-ring (bicyclic) bond motifs is 4. The Balaban J connectivity index is 1.49. The number of para-hydroxylation sites is 1. The van der Waals surface area contributed by atoms with Gasteiger partial charge in [0.15, 0.2) is 6.10 Å². The monoisotopic (exact) mass is 810 g/mol. The van der Waals surface area contributed by atoms with Gasteiger partial charge in [0.05, 0.1) is 33.1 Å². The molecule has 2 aromatic carbocycles. The highest BCUT2D eigenvalue weighted by Crippen LogP contribution is 2.68. The SMILES string of the molecule is CCC(=O)C[C@H]1CNCCc2c([nH]c3ccccc23)[C@@](C(=O)OC)(c2cc3c(cc2OC)N(C=O)[C@H]2[C@@](O)(C(=O)OC)[C@H](OC(C)=O)[C@]4(CC)C=CCN5CC[C@]32[C@@H]54)C1. The fourth-order valence-corrected chi connectivity index (χ4v) is 12.2. The van der Waals surface area contributed by atoms with Gasteiger partial charge >= 0.3 is 17.9 Å². The molecule has 5 aliphatic rings. The fourth-order valence-electron chi connectivity index (χ4n) is 12.2. The van der Waals surface area contributed by atoms with Crippen LogP contribution in [-0.4, -0.2) is 116 Å². The number of aromatic nitrogens is 1. The number of esters is 3. The lowest BCUT2D eigenvalue weighted by Gasteiger charge is -2.63. The predicted molar refractivity (Wildman–Crippen MR) is 217 cm³/mol. The number of rotatable bonds is 10. The molecule has 59 heavy (non-hydrogen) atoms. The molecule has 3 N–H and O–H groups in total. The van der Waals surface area contributed by atoms with Crippen molar-refractivity contribution in [2.45, 2.75) is 93.9 Å². The van der Waals surface area contributed by atoms with Crippen molar-refractivity contribution in [2.75, 3.05) is 52.4 Å². The largest absolute Gasteiger partial charge is 0.496 e. The van der Waals surface area contributed by atoms with Gasteiger partial charge < -0.3 is 39.3 Å². The van der Waals surface area contributed by atoms with E-state index in [-0.39, 0.29) is 30.3 Å². The molecule has 1 amide bonds. The van der Waals surface area contributed by atoms with Crippen LogP contribution < -0.4 is 15.0 Å². The van der Waals surface area contributed by atoms with Crippen LogP contribution in [0.1, 0.15) is 75.3 Å². The van der Waals surface area contributed by atoms with Crippen LogP contribution in [0.4, 0.5) is 5.69 Å². The highest BCUT2D eigenvalue weighted by Gasteiger charge is 2.81. The van der Waals surface area contributed by atoms with E-state index in [0.29, 0.717) is 80.8 Å². The first-order valence-corrected chi connectivity index (χ1v) is 20.6. The van der Waals surface area contributed by atoms with Crippen LogP contribution in [0, 0.1) is 11.3 Å². The number of nitrogens with zero attached hydrogens (tertiary/aromatic N) is 2. The zero-order valence-corrected chi connectivity index (χ0v) is 34.6. The zero-order chi connectivity index (χ0) is 42.1. The van der Waals surface area contributed by atoms with Crippen LogP contribution in [-0.2, 0) is 55.4 Å². The second-order valence-corrected chi connectivity index (χ2v) is 16.9. The van der Waals surface area contributed by atoms with Crippen molar-refractivity contribution in [2.24, 2.45) is 11.3 Å². The topological polar surface area (TPSA) is 177 Å². The zero-order valence-electron chi connectivity index (χ0n) is 34.6. The molecular weight excluding hydrogens is 757 g/mol. The van der Waals surface area contributed by atoms with Crippen molar-refractivity contribution < 1.29 is 48.0 Å². The number of anilines is 1. The molecule has 1 aromatic heterocycles. The summed E-state index contributed by atoms with van der Waals surface area (Å²) in [6.45, 7) is 7.16. The first kappa shape index (κ1) is 40.7. The van der Waals surface area contributed by atoms with E-state index >= 15 is 4.79 Å². The van der Waals surface area contributed by atoms with E-state index in [9.17, 15) is 24.3 Å². The number of ether oxygens (including phenoxy) is 4. The van der Waals surface area contributed by atoms with Crippen LogP contribution in [0.15, 0.2) is 48.6 Å². The van der Waals surface area contributed by atoms with Crippen molar-refractivity contribution in [1.82, 2.24) is 15.2 Å². The van der Waals surface area contributed by atoms with Crippen LogP contribution in [0.2, 0.25) is 0 Å². The highest BCUT2D eigenvalue weighted by atomic mass is 16.6. The van der Waals surface area contributed by atoms with Crippen LogP contribution in [0.5, 0.6) is 5.75 Å². The minimum atomic E-state index is -2.54. The lowest BCUT2D eigenvalue weighted by molar-refractivity contribution is -0.228. The molecule has 314 valence electrons. The van der Waals surface area contributed by atoms with Crippen molar-refractivity contribution in [3.63, 3.8) is 0 Å². The minimum absolute atomic E-state index is 0.0647. The fraction of sp³-hybridized carbons (Fsp3) is 0.533. The number of benzene rings is 2. The average molecular weight is 811 g/mol. The summed E-state index contributed by atoms with van der Waals surface area (Å²) < 4.78 is 23.5. The molecule has 3 aromatic rings. The molecule has 2 fully saturated rings. The second kappa shape index (κ2) is 14.9. The summed E-state index contributed by atoms with van der Waals surface area (Å²) in [7, 11) is 4.02. The molecule has 1 saturated carbocycles. The van der Waals surface area contributed by atoms with Gasteiger partial charge in [0, 0.05) is 71.4 Å². The molecule has 14 nitrogen and oxygen atoms in total. The maximum Gasteiger partial charge on any atom is 0.344 e. The van der Waals surface area contributed by atoms with Crippen molar-refractivity contribution in [1.29, 1.82) is 0 Å². The number of amides is 1. The molecule has 0 radical (unpaired) electrons. The Morgan fingerprint density at radius 1 is 1.02 bits per heavy atom. The normalized spacial score (nSPS) is 32.1. The molecule has 14 heteroatoms. The van der Waals surface area contributed by atoms with E-state index in [1.54, 1.807) is 6.07 Å². The Morgan fingerprint density at radius 3 is 2.46 bits per heavy atom. The third kappa shape index (κ3) is 5.51. The predicted octanol–water partition coefficient (Wildman–Crippen LogP) is 3.63. The number of hydrogen-bond donors (Lipinski definition) is 3. The molecule has 1 spiro atoms. The van der Waals surface area contributed by atoms with Crippen molar-refractivity contribution >= 4 is 46.7 Å². The Labute approximate surface area is 343 Å². The molecule has 1 saturated heterocycles. The molecule has 1 aliphatic carbocycles. The summed E-state index contributed by atoms with van der Waals surface area (Å²) in [6, 6.07) is 9.75. The number of H-pyrrole nitrogens is 1. The van der Waals surface area contributed by atoms with Gasteiger partial charge in [-0.1, -0.05) is 44.2 Å². The Morgan fingerprint density at radius 2 is 1.78 bits per heavy atom. The minimum Gasteiger partial charge on any atom is -0.496 e. The van der Waals surface area contributed by atoms with Gasteiger partial charge in [-0.2, -0.15) is 0 Å². The molecule has 8 rings (SSSR count). The summed E-state index contributed by atoms with van der Waals surface area (Å²) in [5.74, 6) is -2.26. The summed E-state index contributed by atoms with van der Waals surface area (Å²) in [5.41, 5.74) is -2.53. The van der Waals surface area contributed by atoms with E-state index in [1.807, 2.05) is 56.3 Å². The lowest BCUT2D eigenvalue weighted by atomic mass is 9.47. The molecule has 8 atom stereocenters. The molecule has 0 bridgehead atoms. The summed E-state index contributed by atoms with van der Waals surface area (Å²) in [4.78, 5) is 76.7. The first-order valence-electron chi connectivity index (χ1n) is 20.6. The smallest absolute Gasteiger partial charge is 0.344 e. The third-order valence-electron chi connectivity index (χ3n) is 14.4. The maximum absolute atomic E-state index is 15.2. The molecule has 5 heterocycles. The average Bonchev–Trinajstić information content (AvgIpc) is 3.92. The van der Waals surface area contributed by atoms with E-state index in [4.69, 9.17) is 18.9 Å². The van der Waals surface area contributed by atoms with Gasteiger partial charge in [-0.15, -0.1) is 0 Å². The van der Waals surface area contributed by atoms with Crippen LogP contribution in [0.3, 0.4) is 0 Å². The molecule has 0 unspecified atom stereocenters. The number of aliphatic hydroxyl groups is 1. The van der Waals surface area contributed by atoms with E-state index in [2.05, 4.69) is 15.2 Å². The Hall–Kier alpha value is -5.05. The van der Waals surface area contributed by atoms with Crippen molar-refractivity contribution in [3.05, 3.63) is 70.9 Å². The number of carbonyl (C=O) groups excluding carboxylic acids is 5. The van der Waals surface area contributed by atoms with Gasteiger partial charge in [-0.05, 0) is 74.5 Å². The number of nitrogens with one attached hydrogen (secondary N) is 2. The first-order chi connectivity index (χ1) is 28.4. The number of methoxy groups -OCH3 is 3. The highest BCUT2D eigenvalue weighted by molar-refractivity contribution is 5.96. The third-order valence-corrected chi connectivity index (χ3v) is 14.4. The van der Waals surface area contributed by atoms with E-state index in [0.717, 1.165) is 16.5 Å². The van der Waals surface area contributed by atoms with Crippen molar-refractivity contribution in [3.8, 4) is 5.75 Å². The number of Topliss-reactive ketones (excluding diaryl/α,β-unsaturated/α-hetero) is 1. The standard InChI is InChI=1S/C45H54N4O10/c1-7-28(52)20-27-23-44(40(53)57-5,36-30(14-17-46-24-27)29-12-9-10-13-33(29)47-36)32-21-31-34(22-35(32)56-4)49(25-50)38-43(31)16-19-48-18-11-15-42(8-2,37(43)48)39(59-26(3)51)45(38,55)41(54)58-6/h9-13,15,21-22,25,27,37-39,46-47,55H,7-8,14,16-20,23-24H2,1-6H3/t27-,37+,38-,39-,42-,43-,44+,45+/m1/s1.